The number of hydrogen-bond acceptors (Lipinski definition) is 0. The summed E-state index contributed by atoms with van der Waals surface area (Å²) in [5, 5.41) is 0. The average molecular weight is 337 g/mol. The lowest BCUT2D eigenvalue weighted by Crippen LogP contribution is -2.50. The van der Waals surface area contributed by atoms with Crippen molar-refractivity contribution in [2.45, 2.75) is 92.9 Å². The highest BCUT2D eigenvalue weighted by molar-refractivity contribution is 5.77. The fraction of sp³-hybridized carbons (Fsp3) is 0.680. The summed E-state index contributed by atoms with van der Waals surface area (Å²) in [4.78, 5) is 0. The zero-order valence-electron chi connectivity index (χ0n) is 17.7. The first-order valence-corrected chi connectivity index (χ1v) is 10.4. The Morgan fingerprint density at radius 1 is 0.800 bits per heavy atom. The molecule has 2 fully saturated rings. The van der Waals surface area contributed by atoms with Gasteiger partial charge in [-0.25, -0.2) is 0 Å². The Morgan fingerprint density at radius 2 is 1.44 bits per heavy atom. The van der Waals surface area contributed by atoms with E-state index in [-0.39, 0.29) is 5.41 Å². The molecule has 0 spiro atoms. The lowest BCUT2D eigenvalue weighted by Gasteiger charge is -2.59. The fourth-order valence-corrected chi connectivity index (χ4v) is 7.31. The number of rotatable bonds is 0. The van der Waals surface area contributed by atoms with Gasteiger partial charge in [0, 0.05) is 5.41 Å². The third kappa shape index (κ3) is 2.00. The Bertz CT molecular complexity index is 791. The summed E-state index contributed by atoms with van der Waals surface area (Å²) in [6.07, 6.45) is 9.55. The SMILES string of the molecule is Cc1c(C)c(C)c2c(c1C)C=C1C2(C)CC[C@H]2C(C)(C)CCC[C@]12C. The van der Waals surface area contributed by atoms with E-state index in [1.54, 1.807) is 22.3 Å². The molecule has 4 rings (SSSR count). The van der Waals surface area contributed by atoms with Gasteiger partial charge in [-0.05, 0) is 104 Å². The molecule has 0 saturated heterocycles. The number of hydrogen-bond donors (Lipinski definition) is 0. The van der Waals surface area contributed by atoms with Gasteiger partial charge >= 0.3 is 0 Å². The van der Waals surface area contributed by atoms with E-state index in [9.17, 15) is 0 Å². The molecule has 0 heteroatoms. The molecule has 25 heavy (non-hydrogen) atoms. The van der Waals surface area contributed by atoms with Gasteiger partial charge in [0.25, 0.3) is 0 Å². The third-order valence-corrected chi connectivity index (χ3v) is 8.95. The molecule has 0 N–H and O–H groups in total. The first kappa shape index (κ1) is 17.4. The van der Waals surface area contributed by atoms with Crippen molar-refractivity contribution in [3.63, 3.8) is 0 Å². The third-order valence-electron chi connectivity index (χ3n) is 8.95. The van der Waals surface area contributed by atoms with Crippen LogP contribution in [0.5, 0.6) is 0 Å². The smallest absolute Gasteiger partial charge is 0.0151 e. The molecule has 1 unspecified atom stereocenters. The molecule has 0 radical (unpaired) electrons. The number of benzene rings is 1. The minimum atomic E-state index is 0.265. The van der Waals surface area contributed by atoms with E-state index in [1.807, 2.05) is 0 Å². The van der Waals surface area contributed by atoms with Crippen LogP contribution in [0.25, 0.3) is 6.08 Å². The van der Waals surface area contributed by atoms with Gasteiger partial charge < -0.3 is 0 Å². The second-order valence-electron chi connectivity index (χ2n) is 10.5. The molecular formula is C25H36. The molecule has 0 nitrogen and oxygen atoms in total. The van der Waals surface area contributed by atoms with Crippen molar-refractivity contribution in [1.29, 1.82) is 0 Å². The molecule has 2 saturated carbocycles. The van der Waals surface area contributed by atoms with Crippen LogP contribution in [0, 0.1) is 44.4 Å². The topological polar surface area (TPSA) is 0 Å². The minimum Gasteiger partial charge on any atom is -0.0596 e. The molecule has 1 aromatic rings. The molecule has 0 heterocycles. The van der Waals surface area contributed by atoms with E-state index in [0.717, 1.165) is 5.92 Å². The lowest BCUT2D eigenvalue weighted by atomic mass is 9.45. The first-order chi connectivity index (χ1) is 11.5. The van der Waals surface area contributed by atoms with Crippen molar-refractivity contribution >= 4 is 6.08 Å². The second kappa shape index (κ2) is 5.02. The summed E-state index contributed by atoms with van der Waals surface area (Å²) < 4.78 is 0. The molecule has 136 valence electrons. The molecule has 0 aliphatic heterocycles. The van der Waals surface area contributed by atoms with Crippen LogP contribution in [0.1, 0.15) is 93.2 Å². The Balaban J connectivity index is 1.96. The zero-order valence-corrected chi connectivity index (χ0v) is 17.7. The van der Waals surface area contributed by atoms with Crippen LogP contribution in [0.2, 0.25) is 0 Å². The Kier molecular flexibility index (Phi) is 3.49. The van der Waals surface area contributed by atoms with Crippen LogP contribution in [0.3, 0.4) is 0 Å². The van der Waals surface area contributed by atoms with Gasteiger partial charge in [-0.3, -0.25) is 0 Å². The van der Waals surface area contributed by atoms with Crippen LogP contribution >= 0.6 is 0 Å². The van der Waals surface area contributed by atoms with Gasteiger partial charge in [0.2, 0.25) is 0 Å². The van der Waals surface area contributed by atoms with Crippen molar-refractivity contribution in [1.82, 2.24) is 0 Å². The minimum absolute atomic E-state index is 0.265. The van der Waals surface area contributed by atoms with Crippen molar-refractivity contribution in [2.75, 3.05) is 0 Å². The summed E-state index contributed by atoms with van der Waals surface area (Å²) in [6, 6.07) is 0. The maximum atomic E-state index is 2.65. The molecule has 3 atom stereocenters. The van der Waals surface area contributed by atoms with Gasteiger partial charge in [-0.1, -0.05) is 45.8 Å². The zero-order chi connectivity index (χ0) is 18.4. The monoisotopic (exact) mass is 336 g/mol. The van der Waals surface area contributed by atoms with Gasteiger partial charge in [-0.2, -0.15) is 0 Å². The molecule has 0 aromatic heterocycles. The Hall–Kier alpha value is -1.04. The van der Waals surface area contributed by atoms with E-state index >= 15 is 0 Å². The highest BCUT2D eigenvalue weighted by Crippen LogP contribution is 2.67. The molecule has 0 amide bonds. The summed E-state index contributed by atoms with van der Waals surface area (Å²) in [5.41, 5.74) is 12.3. The standard InChI is InChI=1S/C25H36/c1-15-16(2)18(4)22-19(17(15)3)14-21-24(7)12-9-11-23(5,6)20(24)10-13-25(21,22)8/h14,20H,9-13H2,1-8H3/t20-,24-,25?/m0/s1. The largest absolute Gasteiger partial charge is 0.0596 e. The van der Waals surface area contributed by atoms with Crippen molar-refractivity contribution in [3.8, 4) is 0 Å². The van der Waals surface area contributed by atoms with Crippen LogP contribution in [0.15, 0.2) is 5.57 Å². The quantitative estimate of drug-likeness (QED) is 0.470. The molecule has 3 aliphatic rings. The predicted octanol–water partition coefficient (Wildman–Crippen LogP) is 7.20. The van der Waals surface area contributed by atoms with Crippen LogP contribution in [0.4, 0.5) is 0 Å². The maximum Gasteiger partial charge on any atom is 0.0151 e. The number of fused-ring (bicyclic) bond motifs is 5. The highest BCUT2D eigenvalue weighted by atomic mass is 14.6. The summed E-state index contributed by atoms with van der Waals surface area (Å²) in [6.45, 7) is 19.6. The van der Waals surface area contributed by atoms with E-state index < -0.39 is 0 Å². The molecule has 0 bridgehead atoms. The van der Waals surface area contributed by atoms with Crippen LogP contribution < -0.4 is 0 Å². The summed E-state index contributed by atoms with van der Waals surface area (Å²) in [7, 11) is 0. The highest BCUT2D eigenvalue weighted by Gasteiger charge is 2.57. The fourth-order valence-electron chi connectivity index (χ4n) is 7.31. The van der Waals surface area contributed by atoms with E-state index in [2.05, 4.69) is 61.5 Å². The maximum absolute atomic E-state index is 2.65. The van der Waals surface area contributed by atoms with Crippen molar-refractivity contribution in [2.24, 2.45) is 16.7 Å². The molecular weight excluding hydrogens is 300 g/mol. The van der Waals surface area contributed by atoms with E-state index in [0.29, 0.717) is 10.8 Å². The normalized spacial score (nSPS) is 35.7. The lowest BCUT2D eigenvalue weighted by molar-refractivity contribution is -0.0103. The van der Waals surface area contributed by atoms with Crippen molar-refractivity contribution in [3.05, 3.63) is 39.0 Å². The molecule has 3 aliphatic carbocycles. The summed E-state index contributed by atoms with van der Waals surface area (Å²) in [5.74, 6) is 0.838. The Morgan fingerprint density at radius 3 is 2.12 bits per heavy atom. The molecule has 1 aromatic carbocycles. The second-order valence-corrected chi connectivity index (χ2v) is 10.5. The number of allylic oxidation sites excluding steroid dienone is 1. The predicted molar refractivity (Wildman–Crippen MR) is 109 cm³/mol. The van der Waals surface area contributed by atoms with Crippen molar-refractivity contribution < 1.29 is 0 Å². The van der Waals surface area contributed by atoms with E-state index in [1.165, 1.54) is 48.8 Å². The average Bonchev–Trinajstić information content (AvgIpc) is 2.85. The van der Waals surface area contributed by atoms with Crippen LogP contribution in [-0.4, -0.2) is 0 Å². The Labute approximate surface area is 155 Å². The van der Waals surface area contributed by atoms with Gasteiger partial charge in [0.15, 0.2) is 0 Å². The van der Waals surface area contributed by atoms with Crippen LogP contribution in [-0.2, 0) is 5.41 Å². The first-order valence-electron chi connectivity index (χ1n) is 10.4. The van der Waals surface area contributed by atoms with Gasteiger partial charge in [0.05, 0.1) is 0 Å². The van der Waals surface area contributed by atoms with Gasteiger partial charge in [-0.15, -0.1) is 0 Å². The summed E-state index contributed by atoms with van der Waals surface area (Å²) >= 11 is 0. The van der Waals surface area contributed by atoms with E-state index in [4.69, 9.17) is 0 Å². The van der Waals surface area contributed by atoms with Gasteiger partial charge in [0.1, 0.15) is 0 Å².